The van der Waals surface area contributed by atoms with Gasteiger partial charge in [-0.2, -0.15) is 0 Å². The molecule has 3 N–H and O–H groups in total. The fourth-order valence-electron chi connectivity index (χ4n) is 4.12. The van der Waals surface area contributed by atoms with Crippen LogP contribution in [0.5, 0.6) is 0 Å². The number of aromatic nitrogens is 1. The molecule has 5 rings (SSSR count). The predicted molar refractivity (Wildman–Crippen MR) is 128 cm³/mol. The number of anilines is 1. The van der Waals surface area contributed by atoms with E-state index in [4.69, 9.17) is 4.42 Å². The Kier molecular flexibility index (Phi) is 4.66. The lowest BCUT2D eigenvalue weighted by molar-refractivity contribution is -0.118. The Morgan fingerprint density at radius 2 is 1.66 bits per heavy atom. The van der Waals surface area contributed by atoms with Crippen molar-refractivity contribution in [3.05, 3.63) is 74.5 Å². The van der Waals surface area contributed by atoms with Gasteiger partial charge in [0.15, 0.2) is 22.0 Å². The molecule has 0 saturated carbocycles. The quantitative estimate of drug-likeness (QED) is 0.230. The van der Waals surface area contributed by atoms with Crippen LogP contribution >= 0.6 is 0 Å². The van der Waals surface area contributed by atoms with Crippen molar-refractivity contribution in [1.29, 1.82) is 0 Å². The van der Waals surface area contributed by atoms with E-state index in [1.807, 2.05) is 25.1 Å². The minimum absolute atomic E-state index is 0.140. The SMILES string of the molecule is CC(=O)NCCNc1cc2oc3cc(C)ccc3[nH]c2c2c(=O)c3ccccc3c(=O)c12. The lowest BCUT2D eigenvalue weighted by Gasteiger charge is -2.13. The number of hydrogen-bond donors (Lipinski definition) is 3. The van der Waals surface area contributed by atoms with Crippen molar-refractivity contribution < 1.29 is 9.21 Å². The van der Waals surface area contributed by atoms with Gasteiger partial charge in [0.05, 0.1) is 27.5 Å². The van der Waals surface area contributed by atoms with Crippen molar-refractivity contribution in [3.63, 3.8) is 0 Å². The lowest BCUT2D eigenvalue weighted by Crippen LogP contribution is -2.26. The van der Waals surface area contributed by atoms with Crippen molar-refractivity contribution >= 4 is 55.3 Å². The molecule has 0 aliphatic rings. The Labute approximate surface area is 182 Å². The molecular formula is C25H21N3O4. The second kappa shape index (κ2) is 7.53. The summed E-state index contributed by atoms with van der Waals surface area (Å²) in [5.74, 6) is -0.140. The zero-order valence-corrected chi connectivity index (χ0v) is 17.7. The Hall–Kier alpha value is -4.13. The van der Waals surface area contributed by atoms with Crippen LogP contribution in [-0.2, 0) is 4.79 Å². The van der Waals surface area contributed by atoms with Crippen LogP contribution in [0, 0.1) is 6.92 Å². The first-order valence-corrected chi connectivity index (χ1v) is 10.4. The monoisotopic (exact) mass is 427 g/mol. The first-order valence-electron chi connectivity index (χ1n) is 10.4. The van der Waals surface area contributed by atoms with Gasteiger partial charge in [0.1, 0.15) is 0 Å². The maximum absolute atomic E-state index is 13.5. The second-order valence-corrected chi connectivity index (χ2v) is 7.89. The average molecular weight is 427 g/mol. The molecule has 4 aromatic carbocycles. The minimum Gasteiger partial charge on any atom is -0.453 e. The van der Waals surface area contributed by atoms with E-state index in [1.165, 1.54) is 6.92 Å². The topological polar surface area (TPSA) is 104 Å². The highest BCUT2D eigenvalue weighted by Crippen LogP contribution is 2.31. The van der Waals surface area contributed by atoms with Gasteiger partial charge in [0.2, 0.25) is 5.91 Å². The van der Waals surface area contributed by atoms with Gasteiger partial charge in [-0.1, -0.05) is 30.3 Å². The third-order valence-corrected chi connectivity index (χ3v) is 5.59. The molecule has 0 atom stereocenters. The van der Waals surface area contributed by atoms with Crippen molar-refractivity contribution in [2.24, 2.45) is 0 Å². The number of carbonyl (C=O) groups excluding carboxylic acids is 1. The molecule has 7 nitrogen and oxygen atoms in total. The van der Waals surface area contributed by atoms with Gasteiger partial charge in [0.25, 0.3) is 0 Å². The Balaban J connectivity index is 1.87. The number of nitrogens with one attached hydrogen (secondary N) is 3. The molecule has 32 heavy (non-hydrogen) atoms. The van der Waals surface area contributed by atoms with E-state index < -0.39 is 0 Å². The third kappa shape index (κ3) is 3.19. The zero-order valence-electron chi connectivity index (χ0n) is 17.7. The van der Waals surface area contributed by atoms with Gasteiger partial charge in [-0.15, -0.1) is 0 Å². The average Bonchev–Trinajstić information content (AvgIpc) is 2.78. The molecule has 0 aliphatic carbocycles. The molecule has 7 heteroatoms. The number of aromatic amines is 1. The Morgan fingerprint density at radius 3 is 2.38 bits per heavy atom. The van der Waals surface area contributed by atoms with Gasteiger partial charge in [-0.05, 0) is 24.6 Å². The van der Waals surface area contributed by atoms with Crippen molar-refractivity contribution in [2.45, 2.75) is 13.8 Å². The fourth-order valence-corrected chi connectivity index (χ4v) is 4.12. The molecule has 1 aromatic heterocycles. The van der Waals surface area contributed by atoms with Crippen molar-refractivity contribution in [2.75, 3.05) is 18.4 Å². The second-order valence-electron chi connectivity index (χ2n) is 7.89. The summed E-state index contributed by atoms with van der Waals surface area (Å²) < 4.78 is 6.15. The third-order valence-electron chi connectivity index (χ3n) is 5.59. The van der Waals surface area contributed by atoms with E-state index in [2.05, 4.69) is 15.6 Å². The minimum atomic E-state index is -0.233. The van der Waals surface area contributed by atoms with Crippen LogP contribution < -0.4 is 21.5 Å². The Morgan fingerprint density at radius 1 is 0.938 bits per heavy atom. The van der Waals surface area contributed by atoms with E-state index in [-0.39, 0.29) is 16.8 Å². The summed E-state index contributed by atoms with van der Waals surface area (Å²) in [6.45, 7) is 4.18. The molecule has 1 heterocycles. The van der Waals surface area contributed by atoms with E-state index in [0.29, 0.717) is 57.0 Å². The largest absolute Gasteiger partial charge is 0.453 e. The van der Waals surface area contributed by atoms with Gasteiger partial charge in [-0.3, -0.25) is 14.4 Å². The smallest absolute Gasteiger partial charge is 0.216 e. The lowest BCUT2D eigenvalue weighted by atomic mass is 9.99. The fraction of sp³-hybridized carbons (Fsp3) is 0.160. The first-order chi connectivity index (χ1) is 15.4. The highest BCUT2D eigenvalue weighted by Gasteiger charge is 2.19. The molecule has 0 saturated heterocycles. The molecule has 160 valence electrons. The number of H-pyrrole nitrogens is 1. The standard InChI is InChI=1S/C25H21N3O4/c1-13-7-8-17-19(11-13)32-20-12-18(27-10-9-26-14(2)29)21-22(23(20)28-17)25(31)16-6-4-3-5-15(16)24(21)30/h3-8,11-12,27-28H,9-10H2,1-2H3,(H,26,29). The highest BCUT2D eigenvalue weighted by atomic mass is 16.3. The highest BCUT2D eigenvalue weighted by molar-refractivity contribution is 6.14. The molecule has 0 radical (unpaired) electrons. The molecule has 0 aliphatic heterocycles. The number of rotatable bonds is 4. The van der Waals surface area contributed by atoms with Crippen LogP contribution in [-0.4, -0.2) is 24.0 Å². The number of fused-ring (bicyclic) bond motifs is 5. The summed E-state index contributed by atoms with van der Waals surface area (Å²) in [4.78, 5) is 41.5. The van der Waals surface area contributed by atoms with Crippen LogP contribution in [0.25, 0.3) is 43.7 Å². The summed E-state index contributed by atoms with van der Waals surface area (Å²) in [5.41, 5.74) is 3.41. The number of benzene rings is 4. The normalized spacial score (nSPS) is 11.4. The first kappa shape index (κ1) is 19.8. The molecule has 1 amide bonds. The van der Waals surface area contributed by atoms with E-state index in [0.717, 1.165) is 11.1 Å². The van der Waals surface area contributed by atoms with Crippen molar-refractivity contribution in [3.8, 4) is 0 Å². The van der Waals surface area contributed by atoms with Crippen LogP contribution in [0.4, 0.5) is 5.69 Å². The summed E-state index contributed by atoms with van der Waals surface area (Å²) in [7, 11) is 0. The summed E-state index contributed by atoms with van der Waals surface area (Å²) >= 11 is 0. The predicted octanol–water partition coefficient (Wildman–Crippen LogP) is 3.80. The van der Waals surface area contributed by atoms with Gasteiger partial charge in [0, 0.05) is 36.9 Å². The van der Waals surface area contributed by atoms with Crippen LogP contribution in [0.2, 0.25) is 0 Å². The van der Waals surface area contributed by atoms with Gasteiger partial charge >= 0.3 is 0 Å². The summed E-state index contributed by atoms with van der Waals surface area (Å²) in [6, 6.07) is 14.3. The Bertz CT molecular complexity index is 1660. The van der Waals surface area contributed by atoms with Crippen molar-refractivity contribution in [1.82, 2.24) is 10.3 Å². The van der Waals surface area contributed by atoms with E-state index in [1.54, 1.807) is 30.3 Å². The molecule has 0 spiro atoms. The van der Waals surface area contributed by atoms with Crippen LogP contribution in [0.3, 0.4) is 0 Å². The molecule has 0 fully saturated rings. The van der Waals surface area contributed by atoms with Crippen LogP contribution in [0.1, 0.15) is 12.5 Å². The molecule has 0 bridgehead atoms. The van der Waals surface area contributed by atoms with E-state index >= 15 is 0 Å². The summed E-state index contributed by atoms with van der Waals surface area (Å²) in [5, 5.41) is 7.27. The number of aryl methyl sites for hydroxylation is 1. The number of amides is 1. The molecule has 5 aromatic rings. The summed E-state index contributed by atoms with van der Waals surface area (Å²) in [6.07, 6.45) is 0. The van der Waals surface area contributed by atoms with Crippen LogP contribution in [0.15, 0.2) is 62.5 Å². The number of carbonyl (C=O) groups is 1. The van der Waals surface area contributed by atoms with Gasteiger partial charge < -0.3 is 20.0 Å². The zero-order chi connectivity index (χ0) is 22.4. The van der Waals surface area contributed by atoms with Gasteiger partial charge in [-0.25, -0.2) is 0 Å². The maximum Gasteiger partial charge on any atom is 0.216 e. The number of hydrogen-bond acceptors (Lipinski definition) is 5. The van der Waals surface area contributed by atoms with E-state index in [9.17, 15) is 14.4 Å². The molecule has 0 unspecified atom stereocenters. The molecular weight excluding hydrogens is 406 g/mol. The maximum atomic E-state index is 13.5.